The molecule has 1 aromatic heterocycles. The molecule has 0 spiro atoms. The maximum absolute atomic E-state index is 5.55. The van der Waals surface area contributed by atoms with Gasteiger partial charge in [0.25, 0.3) is 0 Å². The topological polar surface area (TPSA) is 38.9 Å². The minimum atomic E-state index is 0.666. The van der Waals surface area contributed by atoms with Crippen molar-refractivity contribution in [1.29, 1.82) is 0 Å². The Bertz CT molecular complexity index is 529. The zero-order chi connectivity index (χ0) is 12.4. The molecule has 3 heteroatoms. The number of nitrogens with two attached hydrogens (primary N) is 1. The fraction of sp³-hybridized carbons (Fsp3) is 0.357. The summed E-state index contributed by atoms with van der Waals surface area (Å²) in [6, 6.07) is 4.33. The van der Waals surface area contributed by atoms with Crippen molar-refractivity contribution < 1.29 is 0 Å². The van der Waals surface area contributed by atoms with E-state index in [1.807, 2.05) is 0 Å². The Labute approximate surface area is 107 Å². The van der Waals surface area contributed by atoms with Crippen LogP contribution < -0.4 is 5.73 Å². The van der Waals surface area contributed by atoms with Crippen molar-refractivity contribution in [2.75, 3.05) is 6.54 Å². The molecule has 1 aromatic carbocycles. The molecule has 0 aliphatic heterocycles. The van der Waals surface area contributed by atoms with Gasteiger partial charge in [0.1, 0.15) is 0 Å². The van der Waals surface area contributed by atoms with Crippen molar-refractivity contribution in [2.24, 2.45) is 5.73 Å². The number of benzene rings is 1. The van der Waals surface area contributed by atoms with Crippen molar-refractivity contribution in [1.82, 2.24) is 4.98 Å². The zero-order valence-corrected chi connectivity index (χ0v) is 11.4. The second-order valence-corrected chi connectivity index (χ2v) is 5.29. The van der Waals surface area contributed by atoms with Crippen LogP contribution in [-0.4, -0.2) is 11.5 Å². The molecule has 0 unspecified atom stereocenters. The quantitative estimate of drug-likeness (QED) is 0.903. The van der Waals surface area contributed by atoms with E-state index in [-0.39, 0.29) is 0 Å². The van der Waals surface area contributed by atoms with E-state index in [0.29, 0.717) is 6.54 Å². The van der Waals surface area contributed by atoms with Crippen molar-refractivity contribution in [2.45, 2.75) is 27.2 Å². The van der Waals surface area contributed by atoms with Crippen molar-refractivity contribution in [3.8, 4) is 11.3 Å². The normalized spacial score (nSPS) is 10.8. The highest BCUT2D eigenvalue weighted by Gasteiger charge is 2.09. The Morgan fingerprint density at radius 1 is 1.18 bits per heavy atom. The summed E-state index contributed by atoms with van der Waals surface area (Å²) in [5.41, 5.74) is 11.9. The van der Waals surface area contributed by atoms with Crippen LogP contribution in [0, 0.1) is 20.8 Å². The molecule has 0 radical (unpaired) electrons. The first-order valence-corrected chi connectivity index (χ1v) is 6.73. The molecule has 0 bridgehead atoms. The van der Waals surface area contributed by atoms with Gasteiger partial charge < -0.3 is 5.73 Å². The Morgan fingerprint density at radius 3 is 2.65 bits per heavy atom. The largest absolute Gasteiger partial charge is 0.330 e. The van der Waals surface area contributed by atoms with Crippen LogP contribution in [0.2, 0.25) is 0 Å². The highest BCUT2D eigenvalue weighted by Crippen LogP contribution is 2.28. The van der Waals surface area contributed by atoms with Gasteiger partial charge in [0.2, 0.25) is 0 Å². The lowest BCUT2D eigenvalue weighted by Crippen LogP contribution is -2.02. The van der Waals surface area contributed by atoms with E-state index in [4.69, 9.17) is 5.73 Å². The van der Waals surface area contributed by atoms with E-state index < -0.39 is 0 Å². The summed E-state index contributed by atoms with van der Waals surface area (Å²) >= 11 is 1.70. The van der Waals surface area contributed by atoms with Gasteiger partial charge in [0.05, 0.1) is 10.7 Å². The van der Waals surface area contributed by atoms with Crippen LogP contribution in [-0.2, 0) is 6.42 Å². The summed E-state index contributed by atoms with van der Waals surface area (Å²) < 4.78 is 0. The number of nitrogens with zero attached hydrogens (tertiary/aromatic N) is 1. The molecule has 90 valence electrons. The molecular weight excluding hydrogens is 228 g/mol. The minimum Gasteiger partial charge on any atom is -0.330 e. The van der Waals surface area contributed by atoms with Crippen LogP contribution in [0.3, 0.4) is 0 Å². The second-order valence-electron chi connectivity index (χ2n) is 4.35. The van der Waals surface area contributed by atoms with E-state index in [1.54, 1.807) is 11.3 Å². The van der Waals surface area contributed by atoms with Gasteiger partial charge in [-0.05, 0) is 44.0 Å². The van der Waals surface area contributed by atoms with Crippen molar-refractivity contribution in [3.05, 3.63) is 39.2 Å². The van der Waals surface area contributed by atoms with Crippen LogP contribution in [0.25, 0.3) is 11.3 Å². The third-order valence-electron chi connectivity index (χ3n) is 3.24. The summed E-state index contributed by atoms with van der Waals surface area (Å²) in [4.78, 5) is 4.64. The van der Waals surface area contributed by atoms with Gasteiger partial charge in [-0.3, -0.25) is 0 Å². The minimum absolute atomic E-state index is 0.666. The van der Waals surface area contributed by atoms with Gasteiger partial charge in [-0.2, -0.15) is 0 Å². The van der Waals surface area contributed by atoms with Crippen molar-refractivity contribution in [3.63, 3.8) is 0 Å². The van der Waals surface area contributed by atoms with Crippen LogP contribution in [0.5, 0.6) is 0 Å². The fourth-order valence-electron chi connectivity index (χ4n) is 1.91. The first-order chi connectivity index (χ1) is 8.13. The molecule has 0 aliphatic rings. The fourth-order valence-corrected chi connectivity index (χ4v) is 2.72. The molecule has 0 saturated carbocycles. The van der Waals surface area contributed by atoms with Gasteiger partial charge in [-0.15, -0.1) is 11.3 Å². The molecule has 0 atom stereocenters. The van der Waals surface area contributed by atoms with E-state index in [2.05, 4.69) is 43.3 Å². The summed E-state index contributed by atoms with van der Waals surface area (Å²) in [6.45, 7) is 7.15. The number of rotatable bonds is 3. The predicted octanol–water partition coefficient (Wildman–Crippen LogP) is 3.24. The molecule has 0 fully saturated rings. The standard InChI is InChI=1S/C14H18N2S/c1-9-4-5-12(11(3)10(9)2)13-8-17-14(16-13)6-7-15/h4-5,8H,6-7,15H2,1-3H3. The van der Waals surface area contributed by atoms with Gasteiger partial charge in [-0.1, -0.05) is 12.1 Å². The molecule has 0 saturated heterocycles. The highest BCUT2D eigenvalue weighted by atomic mass is 32.1. The molecule has 1 heterocycles. The third kappa shape index (κ3) is 2.40. The SMILES string of the molecule is Cc1ccc(-c2csc(CCN)n2)c(C)c1C. The number of aromatic nitrogens is 1. The predicted molar refractivity (Wildman–Crippen MR) is 74.5 cm³/mol. The average Bonchev–Trinajstić information content (AvgIpc) is 2.75. The zero-order valence-electron chi connectivity index (χ0n) is 10.6. The maximum atomic E-state index is 5.55. The Hall–Kier alpha value is -1.19. The lowest BCUT2D eigenvalue weighted by molar-refractivity contribution is 0.954. The number of hydrogen-bond donors (Lipinski definition) is 1. The molecular formula is C14H18N2S. The van der Waals surface area contributed by atoms with E-state index in [9.17, 15) is 0 Å². The Kier molecular flexibility index (Phi) is 3.60. The monoisotopic (exact) mass is 246 g/mol. The van der Waals surface area contributed by atoms with Crippen LogP contribution in [0.1, 0.15) is 21.7 Å². The van der Waals surface area contributed by atoms with Crippen LogP contribution in [0.15, 0.2) is 17.5 Å². The lowest BCUT2D eigenvalue weighted by Gasteiger charge is -2.09. The molecule has 0 amide bonds. The van der Waals surface area contributed by atoms with E-state index >= 15 is 0 Å². The average molecular weight is 246 g/mol. The van der Waals surface area contributed by atoms with E-state index in [1.165, 1.54) is 22.3 Å². The van der Waals surface area contributed by atoms with E-state index in [0.717, 1.165) is 17.1 Å². The van der Waals surface area contributed by atoms with Gasteiger partial charge >= 0.3 is 0 Å². The number of aryl methyl sites for hydroxylation is 1. The Morgan fingerprint density at radius 2 is 1.94 bits per heavy atom. The summed E-state index contributed by atoms with van der Waals surface area (Å²) in [7, 11) is 0. The number of thiazole rings is 1. The lowest BCUT2D eigenvalue weighted by atomic mass is 9.97. The molecule has 2 rings (SSSR count). The van der Waals surface area contributed by atoms with Crippen LogP contribution >= 0.6 is 11.3 Å². The third-order valence-corrected chi connectivity index (χ3v) is 4.15. The second kappa shape index (κ2) is 4.98. The van der Waals surface area contributed by atoms with Crippen molar-refractivity contribution >= 4 is 11.3 Å². The van der Waals surface area contributed by atoms with Crippen LogP contribution in [0.4, 0.5) is 0 Å². The summed E-state index contributed by atoms with van der Waals surface area (Å²) in [5, 5.41) is 3.25. The first-order valence-electron chi connectivity index (χ1n) is 5.85. The maximum Gasteiger partial charge on any atom is 0.0945 e. The molecule has 0 aliphatic carbocycles. The summed E-state index contributed by atoms with van der Waals surface area (Å²) in [5.74, 6) is 0. The number of hydrogen-bond acceptors (Lipinski definition) is 3. The highest BCUT2D eigenvalue weighted by molar-refractivity contribution is 7.09. The molecule has 2 N–H and O–H groups in total. The van der Waals surface area contributed by atoms with Gasteiger partial charge in [-0.25, -0.2) is 4.98 Å². The van der Waals surface area contributed by atoms with Gasteiger partial charge in [0.15, 0.2) is 0 Å². The smallest absolute Gasteiger partial charge is 0.0945 e. The van der Waals surface area contributed by atoms with Gasteiger partial charge in [0, 0.05) is 17.4 Å². The molecule has 17 heavy (non-hydrogen) atoms. The first kappa shape index (κ1) is 12.3. The molecule has 2 aromatic rings. The molecule has 2 nitrogen and oxygen atoms in total. The summed E-state index contributed by atoms with van der Waals surface area (Å²) in [6.07, 6.45) is 0.870. The Balaban J connectivity index is 2.42.